The molecule has 0 bridgehead atoms. The van der Waals surface area contributed by atoms with Gasteiger partial charge >= 0.3 is 12.2 Å². The van der Waals surface area contributed by atoms with Crippen LogP contribution in [0.4, 0.5) is 29.3 Å². The van der Waals surface area contributed by atoms with Crippen LogP contribution >= 0.6 is 11.6 Å². The molecule has 2 aromatic carbocycles. The lowest BCUT2D eigenvalue weighted by atomic mass is 10.0. The Labute approximate surface area is 157 Å². The van der Waals surface area contributed by atoms with E-state index < -0.39 is 17.8 Å². The summed E-state index contributed by atoms with van der Waals surface area (Å²) in [5, 5.41) is 4.81. The standard InChI is InChI=1S/C18H14ClF3N2O3/c19-10-1-2-13(12(8-10)18(20,21)22)23-17(25)24-15-11-4-6-26-14(11)7-9-3-5-27-16(9)15/h1-2,7-8H,3-6H2,(H2,23,24,25). The van der Waals surface area contributed by atoms with E-state index >= 15 is 0 Å². The molecule has 142 valence electrons. The molecule has 4 rings (SSSR count). The van der Waals surface area contributed by atoms with Crippen molar-refractivity contribution in [1.29, 1.82) is 0 Å². The normalized spacial score (nSPS) is 14.8. The summed E-state index contributed by atoms with van der Waals surface area (Å²) in [4.78, 5) is 12.4. The van der Waals surface area contributed by atoms with Crippen molar-refractivity contribution in [2.24, 2.45) is 0 Å². The number of nitrogens with one attached hydrogen (secondary N) is 2. The summed E-state index contributed by atoms with van der Waals surface area (Å²) in [5.41, 5.74) is 0.711. The van der Waals surface area contributed by atoms with Gasteiger partial charge in [0, 0.05) is 29.0 Å². The minimum Gasteiger partial charge on any atom is -0.493 e. The number of amides is 2. The van der Waals surface area contributed by atoms with Crippen LogP contribution in [0.25, 0.3) is 0 Å². The Kier molecular flexibility index (Phi) is 4.30. The average molecular weight is 399 g/mol. The Hall–Kier alpha value is -2.61. The fraction of sp³-hybridized carbons (Fsp3) is 0.278. The number of hydrogen-bond donors (Lipinski definition) is 2. The molecule has 0 saturated carbocycles. The second kappa shape index (κ2) is 6.53. The highest BCUT2D eigenvalue weighted by molar-refractivity contribution is 6.30. The highest BCUT2D eigenvalue weighted by Crippen LogP contribution is 2.44. The van der Waals surface area contributed by atoms with Crippen LogP contribution in [-0.2, 0) is 19.0 Å². The number of fused-ring (bicyclic) bond motifs is 2. The van der Waals surface area contributed by atoms with E-state index in [1.54, 1.807) is 0 Å². The van der Waals surface area contributed by atoms with Gasteiger partial charge in [0.1, 0.15) is 11.5 Å². The van der Waals surface area contributed by atoms with Crippen LogP contribution in [-0.4, -0.2) is 19.2 Å². The SMILES string of the molecule is O=C(Nc1ccc(Cl)cc1C(F)(F)F)Nc1c2c(cc3c1OCC3)OCC2. The first kappa shape index (κ1) is 17.8. The zero-order valence-electron chi connectivity index (χ0n) is 13.9. The number of rotatable bonds is 2. The minimum absolute atomic E-state index is 0.0717. The average Bonchev–Trinajstić information content (AvgIpc) is 3.24. The summed E-state index contributed by atoms with van der Waals surface area (Å²) in [6.45, 7) is 0.952. The summed E-state index contributed by atoms with van der Waals surface area (Å²) >= 11 is 5.66. The zero-order valence-corrected chi connectivity index (χ0v) is 14.6. The molecule has 5 nitrogen and oxygen atoms in total. The summed E-state index contributed by atoms with van der Waals surface area (Å²) < 4.78 is 50.8. The van der Waals surface area contributed by atoms with Crippen LogP contribution < -0.4 is 20.1 Å². The smallest absolute Gasteiger partial charge is 0.418 e. The highest BCUT2D eigenvalue weighted by Gasteiger charge is 2.34. The molecule has 0 unspecified atom stereocenters. The van der Waals surface area contributed by atoms with Crippen molar-refractivity contribution in [3.8, 4) is 11.5 Å². The van der Waals surface area contributed by atoms with Crippen LogP contribution in [0.3, 0.4) is 0 Å². The summed E-state index contributed by atoms with van der Waals surface area (Å²) in [6, 6.07) is 4.24. The molecule has 0 aromatic heterocycles. The van der Waals surface area contributed by atoms with Crippen molar-refractivity contribution in [1.82, 2.24) is 0 Å². The van der Waals surface area contributed by atoms with Gasteiger partial charge < -0.3 is 20.1 Å². The van der Waals surface area contributed by atoms with Gasteiger partial charge in [-0.1, -0.05) is 11.6 Å². The van der Waals surface area contributed by atoms with E-state index in [1.807, 2.05) is 6.07 Å². The molecule has 0 atom stereocenters. The van der Waals surface area contributed by atoms with Crippen molar-refractivity contribution in [3.05, 3.63) is 46.0 Å². The molecule has 9 heteroatoms. The number of alkyl halides is 3. The van der Waals surface area contributed by atoms with Gasteiger partial charge in [-0.3, -0.25) is 0 Å². The topological polar surface area (TPSA) is 59.6 Å². The molecular weight excluding hydrogens is 385 g/mol. The highest BCUT2D eigenvalue weighted by atomic mass is 35.5. The number of carbonyl (C=O) groups is 1. The third kappa shape index (κ3) is 3.37. The van der Waals surface area contributed by atoms with Gasteiger partial charge in [-0.15, -0.1) is 0 Å². The van der Waals surface area contributed by atoms with Crippen molar-refractivity contribution in [2.75, 3.05) is 23.8 Å². The third-order valence-corrected chi connectivity index (χ3v) is 4.66. The Morgan fingerprint density at radius 2 is 1.85 bits per heavy atom. The first-order valence-electron chi connectivity index (χ1n) is 8.22. The maximum absolute atomic E-state index is 13.2. The molecular formula is C18H14ClF3N2O3. The van der Waals surface area contributed by atoms with Gasteiger partial charge in [0.15, 0.2) is 0 Å². The van der Waals surface area contributed by atoms with Crippen LogP contribution in [0, 0.1) is 0 Å². The minimum atomic E-state index is -4.65. The van der Waals surface area contributed by atoms with E-state index in [9.17, 15) is 18.0 Å². The van der Waals surface area contributed by atoms with E-state index in [0.29, 0.717) is 43.2 Å². The Bertz CT molecular complexity index is 899. The monoisotopic (exact) mass is 398 g/mol. The van der Waals surface area contributed by atoms with E-state index in [1.165, 1.54) is 6.07 Å². The predicted molar refractivity (Wildman–Crippen MR) is 93.9 cm³/mol. The quantitative estimate of drug-likeness (QED) is 0.758. The molecule has 0 fully saturated rings. The van der Waals surface area contributed by atoms with Gasteiger partial charge in [0.05, 0.1) is 30.2 Å². The van der Waals surface area contributed by atoms with E-state index in [4.69, 9.17) is 21.1 Å². The molecule has 2 aromatic rings. The van der Waals surface area contributed by atoms with Gasteiger partial charge in [0.25, 0.3) is 0 Å². The first-order valence-corrected chi connectivity index (χ1v) is 8.60. The van der Waals surface area contributed by atoms with Gasteiger partial charge in [-0.25, -0.2) is 4.79 Å². The summed E-state index contributed by atoms with van der Waals surface area (Å²) in [6.07, 6.45) is -3.40. The Morgan fingerprint density at radius 3 is 2.63 bits per heavy atom. The van der Waals surface area contributed by atoms with E-state index in [0.717, 1.165) is 23.3 Å². The largest absolute Gasteiger partial charge is 0.493 e. The lowest BCUT2D eigenvalue weighted by molar-refractivity contribution is -0.136. The number of ether oxygens (including phenoxy) is 2. The second-order valence-electron chi connectivity index (χ2n) is 6.18. The molecule has 27 heavy (non-hydrogen) atoms. The van der Waals surface area contributed by atoms with Crippen molar-refractivity contribution in [3.63, 3.8) is 0 Å². The molecule has 0 aliphatic carbocycles. The number of benzene rings is 2. The number of anilines is 2. The fourth-order valence-electron chi connectivity index (χ4n) is 3.24. The van der Waals surface area contributed by atoms with Crippen molar-refractivity contribution >= 4 is 29.0 Å². The predicted octanol–water partition coefficient (Wildman–Crippen LogP) is 4.87. The van der Waals surface area contributed by atoms with E-state index in [2.05, 4.69) is 10.6 Å². The van der Waals surface area contributed by atoms with Crippen molar-refractivity contribution in [2.45, 2.75) is 19.0 Å². The van der Waals surface area contributed by atoms with Crippen LogP contribution in [0.15, 0.2) is 24.3 Å². The Balaban J connectivity index is 1.62. The maximum atomic E-state index is 13.2. The second-order valence-corrected chi connectivity index (χ2v) is 6.62. The maximum Gasteiger partial charge on any atom is 0.418 e. The molecule has 2 N–H and O–H groups in total. The van der Waals surface area contributed by atoms with Crippen LogP contribution in [0.2, 0.25) is 5.02 Å². The fourth-order valence-corrected chi connectivity index (χ4v) is 3.42. The molecule has 0 spiro atoms. The number of hydrogen-bond acceptors (Lipinski definition) is 3. The lowest BCUT2D eigenvalue weighted by Crippen LogP contribution is -2.22. The molecule has 2 heterocycles. The third-order valence-electron chi connectivity index (χ3n) is 4.42. The van der Waals surface area contributed by atoms with Gasteiger partial charge in [0.2, 0.25) is 0 Å². The number of carbonyl (C=O) groups excluding carboxylic acids is 1. The molecule has 2 aliphatic heterocycles. The van der Waals surface area contributed by atoms with E-state index in [-0.39, 0.29) is 10.7 Å². The Morgan fingerprint density at radius 1 is 1.07 bits per heavy atom. The molecule has 2 amide bonds. The molecule has 0 radical (unpaired) electrons. The number of halogens is 4. The van der Waals surface area contributed by atoms with Crippen LogP contribution in [0.1, 0.15) is 16.7 Å². The van der Waals surface area contributed by atoms with Crippen molar-refractivity contribution < 1.29 is 27.4 Å². The molecule has 0 saturated heterocycles. The van der Waals surface area contributed by atoms with Gasteiger partial charge in [-0.2, -0.15) is 13.2 Å². The van der Waals surface area contributed by atoms with Crippen LogP contribution in [0.5, 0.6) is 11.5 Å². The zero-order chi connectivity index (χ0) is 19.2. The summed E-state index contributed by atoms with van der Waals surface area (Å²) in [7, 11) is 0. The number of urea groups is 1. The lowest BCUT2D eigenvalue weighted by Gasteiger charge is -2.17. The molecule has 2 aliphatic rings. The van der Waals surface area contributed by atoms with Gasteiger partial charge in [-0.05, 0) is 24.3 Å². The first-order chi connectivity index (χ1) is 12.8. The summed E-state index contributed by atoms with van der Waals surface area (Å²) in [5.74, 6) is 1.21.